The molecule has 24 heavy (non-hydrogen) atoms. The quantitative estimate of drug-likeness (QED) is 0.883. The predicted octanol–water partition coefficient (Wildman–Crippen LogP) is 3.43. The summed E-state index contributed by atoms with van der Waals surface area (Å²) in [6, 6.07) is 10.1. The third kappa shape index (κ3) is 5.05. The van der Waals surface area contributed by atoms with Crippen molar-refractivity contribution in [1.29, 1.82) is 0 Å². The van der Waals surface area contributed by atoms with Gasteiger partial charge in [-0.1, -0.05) is 37.6 Å². The minimum atomic E-state index is -0.535. The molecule has 130 valence electrons. The summed E-state index contributed by atoms with van der Waals surface area (Å²) in [4.78, 5) is 4.02. The van der Waals surface area contributed by atoms with Crippen molar-refractivity contribution in [3.8, 4) is 5.75 Å². The molecule has 0 fully saturated rings. The van der Waals surface area contributed by atoms with Crippen LogP contribution in [-0.2, 0) is 6.42 Å². The maximum atomic E-state index is 10.1. The van der Waals surface area contributed by atoms with Crippen molar-refractivity contribution >= 4 is 0 Å². The first-order valence-electron chi connectivity index (χ1n) is 8.77. The van der Waals surface area contributed by atoms with Crippen LogP contribution in [0.15, 0.2) is 42.7 Å². The number of ether oxygens (including phenoxy) is 1. The number of pyridine rings is 1. The van der Waals surface area contributed by atoms with Crippen molar-refractivity contribution in [2.75, 3.05) is 13.1 Å². The number of hydrogen-bond acceptors (Lipinski definition) is 4. The lowest BCUT2D eigenvalue weighted by atomic mass is 10.0. The van der Waals surface area contributed by atoms with Crippen LogP contribution in [0.25, 0.3) is 0 Å². The molecule has 1 aliphatic rings. The topological polar surface area (TPSA) is 54.4 Å². The number of aliphatic hydroxyl groups excluding tert-OH is 1. The molecule has 1 aliphatic heterocycles. The van der Waals surface area contributed by atoms with Gasteiger partial charge in [-0.3, -0.25) is 4.98 Å². The molecule has 2 atom stereocenters. The Balaban J connectivity index is 0.00000100. The van der Waals surface area contributed by atoms with Crippen molar-refractivity contribution < 1.29 is 9.84 Å². The van der Waals surface area contributed by atoms with E-state index >= 15 is 0 Å². The molecule has 2 aromatic rings. The Morgan fingerprint density at radius 2 is 2.17 bits per heavy atom. The average molecular weight is 328 g/mol. The van der Waals surface area contributed by atoms with E-state index in [2.05, 4.69) is 35.4 Å². The minimum absolute atomic E-state index is 0.163. The maximum absolute atomic E-state index is 10.1. The summed E-state index contributed by atoms with van der Waals surface area (Å²) in [5.74, 6) is 0.997. The molecule has 1 aromatic carbocycles. The van der Waals surface area contributed by atoms with Gasteiger partial charge in [-0.15, -0.1) is 0 Å². The van der Waals surface area contributed by atoms with Crippen LogP contribution in [0.3, 0.4) is 0 Å². The second-order valence-corrected chi connectivity index (χ2v) is 5.85. The number of aromatic nitrogens is 1. The van der Waals surface area contributed by atoms with Crippen LogP contribution in [0.4, 0.5) is 0 Å². The highest BCUT2D eigenvalue weighted by Gasteiger charge is 2.19. The van der Waals surface area contributed by atoms with E-state index in [0.717, 1.165) is 30.7 Å². The zero-order valence-electron chi connectivity index (χ0n) is 14.8. The first-order valence-corrected chi connectivity index (χ1v) is 8.77. The third-order valence-electron chi connectivity index (χ3n) is 4.02. The number of aryl methyl sites for hydroxylation is 2. The van der Waals surface area contributed by atoms with E-state index in [1.807, 2.05) is 26.0 Å². The summed E-state index contributed by atoms with van der Waals surface area (Å²) in [6.45, 7) is 7.35. The van der Waals surface area contributed by atoms with Crippen LogP contribution in [-0.4, -0.2) is 29.3 Å². The monoisotopic (exact) mass is 328 g/mol. The summed E-state index contributed by atoms with van der Waals surface area (Å²) in [5, 5.41) is 13.4. The van der Waals surface area contributed by atoms with Gasteiger partial charge in [-0.2, -0.15) is 0 Å². The standard InChI is InChI=1S/C18H22N2O2.C2H6/c1-13-4-7-18-14(9-13)5-6-16(22-18)11-20-12-17(21)15-3-2-8-19-10-15;1-2/h2-4,7-10,16-17,20-21H,5-6,11-12H2,1H3;1-2H3. The van der Waals surface area contributed by atoms with Crippen molar-refractivity contribution in [2.45, 2.75) is 45.8 Å². The van der Waals surface area contributed by atoms with Gasteiger partial charge in [0, 0.05) is 31.0 Å². The number of nitrogens with one attached hydrogen (secondary N) is 1. The normalized spacial score (nSPS) is 17.1. The van der Waals surface area contributed by atoms with Gasteiger partial charge in [0.05, 0.1) is 6.10 Å². The summed E-state index contributed by atoms with van der Waals surface area (Å²) in [7, 11) is 0. The molecule has 4 heteroatoms. The van der Waals surface area contributed by atoms with Crippen molar-refractivity contribution in [3.05, 3.63) is 59.4 Å². The number of benzene rings is 1. The lowest BCUT2D eigenvalue weighted by Crippen LogP contribution is -2.36. The minimum Gasteiger partial charge on any atom is -0.489 e. The van der Waals surface area contributed by atoms with E-state index in [0.29, 0.717) is 6.54 Å². The van der Waals surface area contributed by atoms with E-state index in [4.69, 9.17) is 4.74 Å². The number of aliphatic hydroxyl groups is 1. The molecule has 3 rings (SSSR count). The molecule has 0 spiro atoms. The van der Waals surface area contributed by atoms with E-state index in [1.54, 1.807) is 12.4 Å². The van der Waals surface area contributed by atoms with Gasteiger partial charge in [0.2, 0.25) is 0 Å². The summed E-state index contributed by atoms with van der Waals surface area (Å²) in [5.41, 5.74) is 3.41. The maximum Gasteiger partial charge on any atom is 0.122 e. The Bertz CT molecular complexity index is 616. The first kappa shape index (κ1) is 18.4. The number of hydrogen-bond donors (Lipinski definition) is 2. The number of fused-ring (bicyclic) bond motifs is 1. The smallest absolute Gasteiger partial charge is 0.122 e. The van der Waals surface area contributed by atoms with Gasteiger partial charge in [0.15, 0.2) is 0 Å². The molecule has 0 aliphatic carbocycles. The van der Waals surface area contributed by atoms with Crippen LogP contribution < -0.4 is 10.1 Å². The van der Waals surface area contributed by atoms with E-state index < -0.39 is 6.10 Å². The highest BCUT2D eigenvalue weighted by Crippen LogP contribution is 2.28. The van der Waals surface area contributed by atoms with Gasteiger partial charge in [0.1, 0.15) is 11.9 Å². The van der Waals surface area contributed by atoms with E-state index in [9.17, 15) is 5.11 Å². The van der Waals surface area contributed by atoms with E-state index in [-0.39, 0.29) is 6.10 Å². The van der Waals surface area contributed by atoms with Crippen LogP contribution in [0.5, 0.6) is 5.75 Å². The molecule has 0 saturated heterocycles. The van der Waals surface area contributed by atoms with Crippen LogP contribution in [0.1, 0.15) is 43.1 Å². The van der Waals surface area contributed by atoms with Gasteiger partial charge in [-0.25, -0.2) is 0 Å². The Hall–Kier alpha value is -1.91. The second kappa shape index (κ2) is 9.40. The SMILES string of the molecule is CC.Cc1ccc2c(c1)CCC(CNCC(O)c1cccnc1)O2. The lowest BCUT2D eigenvalue weighted by Gasteiger charge is -2.27. The zero-order valence-corrected chi connectivity index (χ0v) is 14.8. The Labute approximate surface area is 144 Å². The number of nitrogens with zero attached hydrogens (tertiary/aromatic N) is 1. The van der Waals surface area contributed by atoms with Crippen molar-refractivity contribution in [3.63, 3.8) is 0 Å². The van der Waals surface area contributed by atoms with Gasteiger partial charge in [-0.05, 0) is 37.5 Å². The Morgan fingerprint density at radius 3 is 2.92 bits per heavy atom. The molecule has 1 aromatic heterocycles. The van der Waals surface area contributed by atoms with Gasteiger partial charge < -0.3 is 15.2 Å². The highest BCUT2D eigenvalue weighted by molar-refractivity contribution is 5.38. The van der Waals surface area contributed by atoms with Crippen LogP contribution >= 0.6 is 0 Å². The summed E-state index contributed by atoms with van der Waals surface area (Å²) in [6.07, 6.45) is 5.09. The highest BCUT2D eigenvalue weighted by atomic mass is 16.5. The molecule has 0 amide bonds. The molecule has 2 unspecified atom stereocenters. The van der Waals surface area contributed by atoms with Crippen LogP contribution in [0.2, 0.25) is 0 Å². The van der Waals surface area contributed by atoms with Gasteiger partial charge in [0.25, 0.3) is 0 Å². The Kier molecular flexibility index (Phi) is 7.22. The fourth-order valence-electron chi connectivity index (χ4n) is 2.79. The molecule has 4 nitrogen and oxygen atoms in total. The predicted molar refractivity (Wildman–Crippen MR) is 97.3 cm³/mol. The van der Waals surface area contributed by atoms with Crippen LogP contribution in [0, 0.1) is 6.92 Å². The molecule has 2 N–H and O–H groups in total. The third-order valence-corrected chi connectivity index (χ3v) is 4.02. The average Bonchev–Trinajstić information content (AvgIpc) is 2.64. The second-order valence-electron chi connectivity index (χ2n) is 5.85. The van der Waals surface area contributed by atoms with Crippen molar-refractivity contribution in [1.82, 2.24) is 10.3 Å². The number of rotatable bonds is 5. The molecule has 0 bridgehead atoms. The lowest BCUT2D eigenvalue weighted by molar-refractivity contribution is 0.146. The molecule has 0 saturated carbocycles. The van der Waals surface area contributed by atoms with E-state index in [1.165, 1.54) is 11.1 Å². The first-order chi connectivity index (χ1) is 11.7. The largest absolute Gasteiger partial charge is 0.489 e. The molecular formula is C20H28N2O2. The van der Waals surface area contributed by atoms with Crippen molar-refractivity contribution in [2.24, 2.45) is 0 Å². The van der Waals surface area contributed by atoms with Gasteiger partial charge >= 0.3 is 0 Å². The zero-order chi connectivity index (χ0) is 17.4. The fraction of sp³-hybridized carbons (Fsp3) is 0.450. The summed E-state index contributed by atoms with van der Waals surface area (Å²) < 4.78 is 6.02. The molecule has 0 radical (unpaired) electrons. The summed E-state index contributed by atoms with van der Waals surface area (Å²) >= 11 is 0. The molecule has 2 heterocycles. The molecular weight excluding hydrogens is 300 g/mol. The Morgan fingerprint density at radius 1 is 1.33 bits per heavy atom. The fourth-order valence-corrected chi connectivity index (χ4v) is 2.79.